The van der Waals surface area contributed by atoms with Crippen LogP contribution < -0.4 is 10.4 Å². The maximum Gasteiger partial charge on any atom is 0.118 e. The van der Waals surface area contributed by atoms with E-state index in [9.17, 15) is 0 Å². The summed E-state index contributed by atoms with van der Waals surface area (Å²) >= 11 is 0. The zero-order valence-corrected chi connectivity index (χ0v) is 13.0. The average molecular weight is 253 g/mol. The first kappa shape index (κ1) is 13.1. The molecule has 0 amide bonds. The molecule has 0 nitrogen and oxygen atoms in total. The molecule has 0 aliphatic carbocycles. The largest absolute Gasteiger partial charge is 0.118 e. The zero-order valence-electron chi connectivity index (χ0n) is 12.0. The zero-order chi connectivity index (χ0) is 13.3. The summed E-state index contributed by atoms with van der Waals surface area (Å²) in [4.78, 5) is 0. The molecule has 0 atom stereocenters. The van der Waals surface area contributed by atoms with Gasteiger partial charge in [0.2, 0.25) is 0 Å². The van der Waals surface area contributed by atoms with Crippen LogP contribution in [-0.4, -0.2) is 8.80 Å². The Morgan fingerprint density at radius 2 is 1.44 bits per heavy atom. The molecule has 0 heterocycles. The predicted molar refractivity (Wildman–Crippen MR) is 82.7 cm³/mol. The fraction of sp³-hybridized carbons (Fsp3) is 0.294. The first-order chi connectivity index (χ1) is 8.49. The van der Waals surface area contributed by atoms with Gasteiger partial charge in [0.05, 0.1) is 0 Å². The Labute approximate surface area is 112 Å². The van der Waals surface area contributed by atoms with Crippen LogP contribution in [0.3, 0.4) is 0 Å². The second-order valence-corrected chi connectivity index (χ2v) is 7.61. The minimum Gasteiger partial charge on any atom is -0.0628 e. The highest BCUT2D eigenvalue weighted by molar-refractivity contribution is 6.84. The molecule has 0 saturated heterocycles. The van der Waals surface area contributed by atoms with Gasteiger partial charge in [0.15, 0.2) is 0 Å². The van der Waals surface area contributed by atoms with Gasteiger partial charge in [0.25, 0.3) is 0 Å². The van der Waals surface area contributed by atoms with E-state index in [4.69, 9.17) is 0 Å². The molecule has 0 aliphatic heterocycles. The van der Waals surface area contributed by atoms with Crippen molar-refractivity contribution in [2.75, 3.05) is 0 Å². The van der Waals surface area contributed by atoms with Crippen molar-refractivity contribution in [1.29, 1.82) is 0 Å². The molecule has 0 aliphatic rings. The highest BCUT2D eigenvalue weighted by Crippen LogP contribution is 2.06. The molecule has 0 bridgehead atoms. The smallest absolute Gasteiger partial charge is 0.0628 e. The van der Waals surface area contributed by atoms with Crippen molar-refractivity contribution in [1.82, 2.24) is 0 Å². The van der Waals surface area contributed by atoms with Crippen LogP contribution in [0, 0.1) is 27.7 Å². The third-order valence-electron chi connectivity index (χ3n) is 3.66. The number of hydrogen-bond donors (Lipinski definition) is 0. The fourth-order valence-electron chi connectivity index (χ4n) is 2.50. The van der Waals surface area contributed by atoms with Gasteiger partial charge in [-0.2, -0.15) is 0 Å². The van der Waals surface area contributed by atoms with Crippen LogP contribution >= 0.6 is 0 Å². The highest BCUT2D eigenvalue weighted by atomic mass is 28.3. The van der Waals surface area contributed by atoms with Crippen LogP contribution in [0.25, 0.3) is 0 Å². The van der Waals surface area contributed by atoms with E-state index in [0.717, 1.165) is 0 Å². The van der Waals surface area contributed by atoms with Crippen LogP contribution in [0.5, 0.6) is 0 Å². The molecule has 18 heavy (non-hydrogen) atoms. The lowest BCUT2D eigenvalue weighted by molar-refractivity contribution is 1.36. The summed E-state index contributed by atoms with van der Waals surface area (Å²) < 4.78 is 0. The molecule has 0 saturated carbocycles. The normalized spacial score (nSPS) is 11.0. The molecular formula is C17H21Si. The number of rotatable bonds is 2. The maximum absolute atomic E-state index is 2.40. The fourth-order valence-corrected chi connectivity index (χ4v) is 4.81. The van der Waals surface area contributed by atoms with E-state index in [0.29, 0.717) is 0 Å². The minimum atomic E-state index is -0.641. The number of aryl methyl sites for hydroxylation is 3. The molecule has 2 aromatic carbocycles. The topological polar surface area (TPSA) is 0 Å². The Bertz CT molecular complexity index is 550. The van der Waals surface area contributed by atoms with Gasteiger partial charge in [-0.05, 0) is 38.8 Å². The molecule has 0 aromatic heterocycles. The van der Waals surface area contributed by atoms with Crippen molar-refractivity contribution in [2.45, 2.75) is 34.2 Å². The lowest BCUT2D eigenvalue weighted by Gasteiger charge is -2.16. The first-order valence-electron chi connectivity index (χ1n) is 6.48. The second kappa shape index (κ2) is 5.11. The monoisotopic (exact) mass is 253 g/mol. The Morgan fingerprint density at radius 3 is 2.06 bits per heavy atom. The second-order valence-electron chi connectivity index (χ2n) is 5.25. The van der Waals surface area contributed by atoms with Gasteiger partial charge >= 0.3 is 0 Å². The van der Waals surface area contributed by atoms with Gasteiger partial charge in [0, 0.05) is 0 Å². The molecule has 0 fully saturated rings. The quantitative estimate of drug-likeness (QED) is 0.721. The van der Waals surface area contributed by atoms with Gasteiger partial charge < -0.3 is 0 Å². The standard InChI is InChI=1S/C17H21Si/c1-12-9-13(2)11-16(10-12)18(5)17-8-6-7-14(3)15(17)4/h6-11H,1-5H3. The SMILES string of the molecule is Cc1cc(C)cc([Si](C)c2cccc(C)c2C)c1. The van der Waals surface area contributed by atoms with E-state index < -0.39 is 8.80 Å². The van der Waals surface area contributed by atoms with Gasteiger partial charge in [-0.1, -0.05) is 64.4 Å². The van der Waals surface area contributed by atoms with E-state index in [1.54, 1.807) is 5.19 Å². The summed E-state index contributed by atoms with van der Waals surface area (Å²) in [6.07, 6.45) is 0. The van der Waals surface area contributed by atoms with Crippen LogP contribution in [-0.2, 0) is 0 Å². The van der Waals surface area contributed by atoms with Gasteiger partial charge in [0.1, 0.15) is 8.80 Å². The van der Waals surface area contributed by atoms with E-state index in [-0.39, 0.29) is 0 Å². The summed E-state index contributed by atoms with van der Waals surface area (Å²) in [7, 11) is -0.641. The van der Waals surface area contributed by atoms with E-state index in [1.165, 1.54) is 27.4 Å². The number of benzene rings is 2. The Morgan fingerprint density at radius 1 is 0.833 bits per heavy atom. The van der Waals surface area contributed by atoms with E-state index >= 15 is 0 Å². The Kier molecular flexibility index (Phi) is 3.72. The van der Waals surface area contributed by atoms with E-state index in [1.807, 2.05) is 0 Å². The third-order valence-corrected chi connectivity index (χ3v) is 6.17. The summed E-state index contributed by atoms with van der Waals surface area (Å²) in [6, 6.07) is 13.6. The van der Waals surface area contributed by atoms with Gasteiger partial charge in [-0.3, -0.25) is 0 Å². The molecule has 93 valence electrons. The minimum absolute atomic E-state index is 0.641. The summed E-state index contributed by atoms with van der Waals surface area (Å²) in [5, 5.41) is 3.07. The Balaban J connectivity index is 2.47. The van der Waals surface area contributed by atoms with Crippen LogP contribution in [0.4, 0.5) is 0 Å². The third kappa shape index (κ3) is 2.56. The van der Waals surface area contributed by atoms with Crippen molar-refractivity contribution in [2.24, 2.45) is 0 Å². The van der Waals surface area contributed by atoms with Gasteiger partial charge in [-0.15, -0.1) is 0 Å². The molecule has 1 radical (unpaired) electrons. The molecule has 1 heteroatoms. The summed E-state index contributed by atoms with van der Waals surface area (Å²) in [6.45, 7) is 11.2. The van der Waals surface area contributed by atoms with Crippen LogP contribution in [0.15, 0.2) is 36.4 Å². The summed E-state index contributed by atoms with van der Waals surface area (Å²) in [5.41, 5.74) is 5.62. The average Bonchev–Trinajstić information content (AvgIpc) is 2.30. The molecule has 0 spiro atoms. The first-order valence-corrected chi connectivity index (χ1v) is 8.48. The Hall–Kier alpha value is -1.34. The van der Waals surface area contributed by atoms with E-state index in [2.05, 4.69) is 70.6 Å². The maximum atomic E-state index is 2.40. The number of hydrogen-bond acceptors (Lipinski definition) is 0. The van der Waals surface area contributed by atoms with Crippen molar-refractivity contribution >= 4 is 19.2 Å². The van der Waals surface area contributed by atoms with Crippen molar-refractivity contribution in [3.8, 4) is 0 Å². The molecule has 2 aromatic rings. The lowest BCUT2D eigenvalue weighted by Crippen LogP contribution is -2.41. The molecule has 0 N–H and O–H groups in total. The lowest BCUT2D eigenvalue weighted by atomic mass is 10.1. The molecule has 2 rings (SSSR count). The molecule has 0 unspecified atom stereocenters. The predicted octanol–water partition coefficient (Wildman–Crippen LogP) is 3.16. The highest BCUT2D eigenvalue weighted by Gasteiger charge is 2.14. The van der Waals surface area contributed by atoms with Crippen LogP contribution in [0.2, 0.25) is 6.55 Å². The van der Waals surface area contributed by atoms with Crippen molar-refractivity contribution in [3.63, 3.8) is 0 Å². The van der Waals surface area contributed by atoms with Crippen molar-refractivity contribution < 1.29 is 0 Å². The van der Waals surface area contributed by atoms with Crippen molar-refractivity contribution in [3.05, 3.63) is 58.7 Å². The molecular weight excluding hydrogens is 232 g/mol. The summed E-state index contributed by atoms with van der Waals surface area (Å²) in [5.74, 6) is 0. The van der Waals surface area contributed by atoms with Crippen LogP contribution in [0.1, 0.15) is 22.3 Å². The van der Waals surface area contributed by atoms with Gasteiger partial charge in [-0.25, -0.2) is 0 Å².